The Morgan fingerprint density at radius 2 is 1.54 bits per heavy atom. The number of anilines is 1. The van der Waals surface area contributed by atoms with Gasteiger partial charge < -0.3 is 19.9 Å². The second-order valence-corrected chi connectivity index (χ2v) is 4.96. The van der Waals surface area contributed by atoms with E-state index in [-0.39, 0.29) is 5.95 Å². The smallest absolute Gasteiger partial charge is 0.227 e. The van der Waals surface area contributed by atoms with Crippen LogP contribution in [-0.4, -0.2) is 36.1 Å². The van der Waals surface area contributed by atoms with Crippen molar-refractivity contribution in [3.05, 3.63) is 42.5 Å². The van der Waals surface area contributed by atoms with Gasteiger partial charge in [0.15, 0.2) is 5.82 Å². The summed E-state index contributed by atoms with van der Waals surface area (Å²) in [6, 6.07) is 13.0. The van der Waals surface area contributed by atoms with Crippen LogP contribution in [0.1, 0.15) is 0 Å². The molecule has 24 heavy (non-hydrogen) atoms. The van der Waals surface area contributed by atoms with Crippen LogP contribution in [0.25, 0.3) is 17.1 Å². The van der Waals surface area contributed by atoms with Crippen LogP contribution in [0.4, 0.5) is 5.95 Å². The summed E-state index contributed by atoms with van der Waals surface area (Å²) in [5.74, 6) is 2.72. The van der Waals surface area contributed by atoms with Gasteiger partial charge in [-0.2, -0.15) is 0 Å². The molecule has 3 rings (SSSR count). The standard InChI is InChI=1S/C17H18N4O3/c1-22-12-7-4-6-11(10-12)16-19-20-17(18)21(16)15-13(23-2)8-5-9-14(15)24-3/h4-10H,1-3H3,(H2,18,20). The fourth-order valence-electron chi connectivity index (χ4n) is 2.52. The molecule has 0 saturated heterocycles. The molecule has 7 nitrogen and oxygen atoms in total. The van der Waals surface area contributed by atoms with E-state index in [1.54, 1.807) is 25.9 Å². The summed E-state index contributed by atoms with van der Waals surface area (Å²) < 4.78 is 17.9. The number of para-hydroxylation sites is 1. The molecule has 0 saturated carbocycles. The Kier molecular flexibility index (Phi) is 4.24. The number of hydrogen-bond donors (Lipinski definition) is 1. The maximum atomic E-state index is 6.08. The first-order valence-electron chi connectivity index (χ1n) is 7.26. The van der Waals surface area contributed by atoms with Gasteiger partial charge in [0.1, 0.15) is 22.9 Å². The topological polar surface area (TPSA) is 84.4 Å². The minimum absolute atomic E-state index is 0.232. The van der Waals surface area contributed by atoms with Gasteiger partial charge in [-0.3, -0.25) is 4.57 Å². The molecule has 0 fully saturated rings. The van der Waals surface area contributed by atoms with Crippen molar-refractivity contribution in [2.45, 2.75) is 0 Å². The largest absolute Gasteiger partial charge is 0.497 e. The Morgan fingerprint density at radius 3 is 2.17 bits per heavy atom. The Balaban J connectivity index is 2.26. The fourth-order valence-corrected chi connectivity index (χ4v) is 2.52. The van der Waals surface area contributed by atoms with Gasteiger partial charge in [0.05, 0.1) is 21.3 Å². The number of methoxy groups -OCH3 is 3. The first-order valence-corrected chi connectivity index (χ1v) is 7.26. The Labute approximate surface area is 139 Å². The monoisotopic (exact) mass is 326 g/mol. The van der Waals surface area contributed by atoms with Crippen LogP contribution in [0.15, 0.2) is 42.5 Å². The average Bonchev–Trinajstić information content (AvgIpc) is 3.02. The molecule has 7 heteroatoms. The predicted octanol–water partition coefficient (Wildman–Crippen LogP) is 2.54. The maximum Gasteiger partial charge on any atom is 0.227 e. The Bertz CT molecular complexity index is 839. The number of hydrogen-bond acceptors (Lipinski definition) is 6. The number of benzene rings is 2. The molecular weight excluding hydrogens is 308 g/mol. The molecule has 0 atom stereocenters. The van der Waals surface area contributed by atoms with E-state index >= 15 is 0 Å². The lowest BCUT2D eigenvalue weighted by Gasteiger charge is -2.16. The predicted molar refractivity (Wildman–Crippen MR) is 90.9 cm³/mol. The van der Waals surface area contributed by atoms with Crippen molar-refractivity contribution in [1.29, 1.82) is 0 Å². The molecule has 124 valence electrons. The van der Waals surface area contributed by atoms with Gasteiger partial charge in [-0.15, -0.1) is 10.2 Å². The summed E-state index contributed by atoms with van der Waals surface area (Å²) in [4.78, 5) is 0. The molecule has 0 aliphatic carbocycles. The minimum Gasteiger partial charge on any atom is -0.497 e. The van der Waals surface area contributed by atoms with E-state index in [1.807, 2.05) is 42.5 Å². The van der Waals surface area contributed by atoms with E-state index in [0.29, 0.717) is 28.8 Å². The highest BCUT2D eigenvalue weighted by Crippen LogP contribution is 2.37. The Morgan fingerprint density at radius 1 is 0.875 bits per heavy atom. The van der Waals surface area contributed by atoms with Crippen molar-refractivity contribution in [3.8, 4) is 34.3 Å². The van der Waals surface area contributed by atoms with Gasteiger partial charge in [-0.05, 0) is 24.3 Å². The zero-order chi connectivity index (χ0) is 17.1. The van der Waals surface area contributed by atoms with Gasteiger partial charge in [0.2, 0.25) is 5.95 Å². The summed E-state index contributed by atoms with van der Waals surface area (Å²) in [7, 11) is 4.79. The molecule has 2 aromatic carbocycles. The molecule has 1 heterocycles. The van der Waals surface area contributed by atoms with Crippen LogP contribution in [0.3, 0.4) is 0 Å². The molecule has 1 aromatic heterocycles. The SMILES string of the molecule is COc1cccc(-c2nnc(N)n2-c2c(OC)cccc2OC)c1. The molecule has 3 aromatic rings. The molecule has 0 aliphatic rings. The normalized spacial score (nSPS) is 10.5. The zero-order valence-corrected chi connectivity index (χ0v) is 13.7. The lowest BCUT2D eigenvalue weighted by molar-refractivity contribution is 0.391. The van der Waals surface area contributed by atoms with Gasteiger partial charge in [0, 0.05) is 5.56 Å². The van der Waals surface area contributed by atoms with E-state index in [0.717, 1.165) is 5.56 Å². The highest BCUT2D eigenvalue weighted by molar-refractivity contribution is 5.68. The lowest BCUT2D eigenvalue weighted by Crippen LogP contribution is -2.06. The van der Waals surface area contributed by atoms with Gasteiger partial charge in [-0.1, -0.05) is 18.2 Å². The number of aromatic nitrogens is 3. The van der Waals surface area contributed by atoms with Crippen molar-refractivity contribution in [3.63, 3.8) is 0 Å². The number of nitrogens with two attached hydrogens (primary N) is 1. The van der Waals surface area contributed by atoms with Crippen LogP contribution in [0, 0.1) is 0 Å². The number of rotatable bonds is 5. The van der Waals surface area contributed by atoms with Crippen molar-refractivity contribution < 1.29 is 14.2 Å². The number of ether oxygens (including phenoxy) is 3. The molecule has 0 spiro atoms. The minimum atomic E-state index is 0.232. The van der Waals surface area contributed by atoms with Crippen molar-refractivity contribution in [2.24, 2.45) is 0 Å². The highest BCUT2D eigenvalue weighted by atomic mass is 16.5. The summed E-state index contributed by atoms with van der Waals surface area (Å²) in [5, 5.41) is 8.22. The molecule has 0 amide bonds. The molecule has 2 N–H and O–H groups in total. The van der Waals surface area contributed by atoms with Gasteiger partial charge >= 0.3 is 0 Å². The van der Waals surface area contributed by atoms with Crippen LogP contribution >= 0.6 is 0 Å². The summed E-state index contributed by atoms with van der Waals surface area (Å²) in [6.45, 7) is 0. The second kappa shape index (κ2) is 6.49. The molecule has 0 radical (unpaired) electrons. The average molecular weight is 326 g/mol. The van der Waals surface area contributed by atoms with Crippen LogP contribution < -0.4 is 19.9 Å². The van der Waals surface area contributed by atoms with Crippen LogP contribution in [0.2, 0.25) is 0 Å². The van der Waals surface area contributed by atoms with Gasteiger partial charge in [-0.25, -0.2) is 0 Å². The summed E-state index contributed by atoms with van der Waals surface area (Å²) in [5.41, 5.74) is 7.53. The maximum absolute atomic E-state index is 6.08. The third kappa shape index (κ3) is 2.60. The third-order valence-corrected chi connectivity index (χ3v) is 3.64. The van der Waals surface area contributed by atoms with E-state index in [1.165, 1.54) is 0 Å². The van der Waals surface area contributed by atoms with E-state index in [4.69, 9.17) is 19.9 Å². The number of nitrogen functional groups attached to an aromatic ring is 1. The summed E-state index contributed by atoms with van der Waals surface area (Å²) in [6.07, 6.45) is 0. The first kappa shape index (κ1) is 15.7. The lowest BCUT2D eigenvalue weighted by atomic mass is 10.2. The van der Waals surface area contributed by atoms with Crippen LogP contribution in [-0.2, 0) is 0 Å². The first-order chi connectivity index (χ1) is 11.7. The number of nitrogens with zero attached hydrogens (tertiary/aromatic N) is 3. The van der Waals surface area contributed by atoms with Crippen molar-refractivity contribution in [2.75, 3.05) is 27.1 Å². The third-order valence-electron chi connectivity index (χ3n) is 3.64. The molecular formula is C17H18N4O3. The second-order valence-electron chi connectivity index (χ2n) is 4.96. The Hall–Kier alpha value is -3.22. The van der Waals surface area contributed by atoms with E-state index < -0.39 is 0 Å². The molecule has 0 aliphatic heterocycles. The van der Waals surface area contributed by atoms with Crippen molar-refractivity contribution in [1.82, 2.24) is 14.8 Å². The highest BCUT2D eigenvalue weighted by Gasteiger charge is 2.21. The van der Waals surface area contributed by atoms with E-state index in [2.05, 4.69) is 10.2 Å². The quantitative estimate of drug-likeness (QED) is 0.775. The van der Waals surface area contributed by atoms with Crippen LogP contribution in [0.5, 0.6) is 17.2 Å². The fraction of sp³-hybridized carbons (Fsp3) is 0.176. The summed E-state index contributed by atoms with van der Waals surface area (Å²) >= 11 is 0. The zero-order valence-electron chi connectivity index (χ0n) is 13.7. The van der Waals surface area contributed by atoms with E-state index in [9.17, 15) is 0 Å². The molecule has 0 unspecified atom stereocenters. The molecule has 0 bridgehead atoms. The van der Waals surface area contributed by atoms with Gasteiger partial charge in [0.25, 0.3) is 0 Å². The van der Waals surface area contributed by atoms with Crippen molar-refractivity contribution >= 4 is 5.95 Å².